The van der Waals surface area contributed by atoms with E-state index >= 15 is 0 Å². The Morgan fingerprint density at radius 1 is 1.13 bits per heavy atom. The van der Waals surface area contributed by atoms with Crippen LogP contribution in [0.5, 0.6) is 17.2 Å². The lowest BCUT2D eigenvalue weighted by molar-refractivity contribution is 0.416. The maximum Gasteiger partial charge on any atom is 0.169 e. The van der Waals surface area contributed by atoms with Gasteiger partial charge in [-0.05, 0) is 50.1 Å². The van der Waals surface area contributed by atoms with E-state index in [1.54, 1.807) is 19.4 Å². The smallest absolute Gasteiger partial charge is 0.169 e. The van der Waals surface area contributed by atoms with Crippen molar-refractivity contribution in [1.29, 1.82) is 0 Å². The Morgan fingerprint density at radius 2 is 1.90 bits per heavy atom. The minimum atomic E-state index is -0.0105. The van der Waals surface area contributed by atoms with Crippen molar-refractivity contribution in [3.05, 3.63) is 48.3 Å². The zero-order valence-electron chi connectivity index (χ0n) is 17.4. The molecule has 0 radical (unpaired) electrons. The lowest BCUT2D eigenvalue weighted by Crippen LogP contribution is -2.03. The molecule has 7 heteroatoms. The minimum absolute atomic E-state index is 0.0105. The molecule has 2 heterocycles. The highest BCUT2D eigenvalue weighted by molar-refractivity contribution is 7.80. The molecule has 4 aromatic rings. The van der Waals surface area contributed by atoms with Gasteiger partial charge in [-0.2, -0.15) is 0 Å². The van der Waals surface area contributed by atoms with Crippen LogP contribution in [0.25, 0.3) is 27.8 Å². The number of phenolic OH excluding ortho intramolecular Hbond substituents is 2. The van der Waals surface area contributed by atoms with Crippen molar-refractivity contribution in [3.63, 3.8) is 0 Å². The molecule has 0 unspecified atom stereocenters. The highest BCUT2D eigenvalue weighted by atomic mass is 32.1. The Balaban J connectivity index is 2.01. The van der Waals surface area contributed by atoms with Gasteiger partial charge in [0, 0.05) is 29.3 Å². The highest BCUT2D eigenvalue weighted by Gasteiger charge is 2.20. The van der Waals surface area contributed by atoms with Crippen molar-refractivity contribution in [3.8, 4) is 34.2 Å². The number of imidazole rings is 1. The van der Waals surface area contributed by atoms with Crippen LogP contribution in [0.4, 0.5) is 0 Å². The van der Waals surface area contributed by atoms with Gasteiger partial charge in [0.1, 0.15) is 17.2 Å². The zero-order valence-corrected chi connectivity index (χ0v) is 18.3. The van der Waals surface area contributed by atoms with E-state index in [-0.39, 0.29) is 17.5 Å². The molecule has 0 saturated carbocycles. The summed E-state index contributed by atoms with van der Waals surface area (Å²) in [7, 11) is 1.67. The van der Waals surface area contributed by atoms with E-state index in [1.165, 1.54) is 6.07 Å². The number of rotatable bonds is 5. The molecule has 2 N–H and O–H groups in total. The van der Waals surface area contributed by atoms with Crippen LogP contribution in [-0.2, 0) is 6.42 Å². The number of ether oxygens (including phenoxy) is 1. The van der Waals surface area contributed by atoms with Gasteiger partial charge in [0.25, 0.3) is 0 Å². The first-order chi connectivity index (χ1) is 14.4. The highest BCUT2D eigenvalue weighted by Crippen LogP contribution is 2.40. The molecular weight excluding hydrogens is 398 g/mol. The van der Waals surface area contributed by atoms with Crippen LogP contribution < -0.4 is 4.74 Å². The number of aromatic nitrogens is 3. The second-order valence-electron chi connectivity index (χ2n) is 7.50. The van der Waals surface area contributed by atoms with Gasteiger partial charge >= 0.3 is 0 Å². The number of thiol groups is 1. The number of aryl methyl sites for hydroxylation is 1. The zero-order chi connectivity index (χ0) is 21.6. The maximum absolute atomic E-state index is 10.6. The third-order valence-corrected chi connectivity index (χ3v) is 5.75. The van der Waals surface area contributed by atoms with Crippen LogP contribution in [0.2, 0.25) is 0 Å². The third-order valence-electron chi connectivity index (χ3n) is 5.43. The summed E-state index contributed by atoms with van der Waals surface area (Å²) in [5.41, 5.74) is 3.90. The standard InChI is InChI=1S/C23H25N3O3S/c1-5-14-10-16(20(28)11-19(14)27)18-12-24-23(30)26(18)17-6-7-21(29-4)22-15(17)8-9-25(22)13(2)3/h6-13,27-28H,5H2,1-4H3,(H,24,30). The lowest BCUT2D eigenvalue weighted by atomic mass is 10.0. The normalized spacial score (nSPS) is 11.5. The van der Waals surface area contributed by atoms with Crippen LogP contribution in [0.15, 0.2) is 47.9 Å². The average Bonchev–Trinajstić information content (AvgIpc) is 3.32. The van der Waals surface area contributed by atoms with Crippen molar-refractivity contribution < 1.29 is 14.9 Å². The molecule has 0 bridgehead atoms. The molecule has 0 aliphatic carbocycles. The molecule has 6 nitrogen and oxygen atoms in total. The van der Waals surface area contributed by atoms with E-state index in [4.69, 9.17) is 4.74 Å². The first kappa shape index (κ1) is 20.2. The van der Waals surface area contributed by atoms with Gasteiger partial charge in [0.2, 0.25) is 0 Å². The minimum Gasteiger partial charge on any atom is -0.508 e. The second-order valence-corrected chi connectivity index (χ2v) is 7.90. The number of hydrogen-bond donors (Lipinski definition) is 3. The molecule has 30 heavy (non-hydrogen) atoms. The molecule has 0 aliphatic rings. The van der Waals surface area contributed by atoms with Gasteiger partial charge in [-0.3, -0.25) is 4.57 Å². The monoisotopic (exact) mass is 423 g/mol. The molecule has 0 spiro atoms. The van der Waals surface area contributed by atoms with Gasteiger partial charge in [-0.1, -0.05) is 6.92 Å². The summed E-state index contributed by atoms with van der Waals surface area (Å²) in [4.78, 5) is 4.40. The molecular formula is C23H25N3O3S. The number of benzene rings is 2. The van der Waals surface area contributed by atoms with E-state index < -0.39 is 0 Å². The Morgan fingerprint density at radius 3 is 2.57 bits per heavy atom. The Bertz CT molecular complexity index is 1240. The average molecular weight is 424 g/mol. The molecule has 0 saturated heterocycles. The first-order valence-electron chi connectivity index (χ1n) is 9.87. The molecule has 4 rings (SSSR count). The molecule has 0 aliphatic heterocycles. The number of phenols is 2. The largest absolute Gasteiger partial charge is 0.508 e. The Kier molecular flexibility index (Phi) is 5.15. The summed E-state index contributed by atoms with van der Waals surface area (Å²) >= 11 is 4.59. The van der Waals surface area contributed by atoms with Gasteiger partial charge in [0.05, 0.1) is 30.2 Å². The summed E-state index contributed by atoms with van der Waals surface area (Å²) in [6.45, 7) is 6.21. The number of aromatic hydroxyl groups is 2. The molecule has 2 aromatic heterocycles. The van der Waals surface area contributed by atoms with Crippen LogP contribution in [0.1, 0.15) is 32.4 Å². The van der Waals surface area contributed by atoms with Crippen molar-refractivity contribution in [2.24, 2.45) is 0 Å². The Labute approximate surface area is 180 Å². The van der Waals surface area contributed by atoms with Gasteiger partial charge in [-0.15, -0.1) is 12.6 Å². The summed E-state index contributed by atoms with van der Waals surface area (Å²) in [5.74, 6) is 0.857. The molecule has 0 fully saturated rings. The number of methoxy groups -OCH3 is 1. The predicted octanol–water partition coefficient (Wildman–Crippen LogP) is 5.35. The summed E-state index contributed by atoms with van der Waals surface area (Å²) in [6, 6.07) is 9.39. The quantitative estimate of drug-likeness (QED) is 0.379. The molecule has 2 aromatic carbocycles. The summed E-state index contributed by atoms with van der Waals surface area (Å²) < 4.78 is 9.69. The van der Waals surface area contributed by atoms with Crippen molar-refractivity contribution >= 4 is 23.5 Å². The molecule has 0 atom stereocenters. The maximum atomic E-state index is 10.6. The van der Waals surface area contributed by atoms with E-state index in [0.717, 1.165) is 27.9 Å². The fourth-order valence-electron chi connectivity index (χ4n) is 3.91. The van der Waals surface area contributed by atoms with E-state index in [1.807, 2.05) is 29.8 Å². The number of hydrogen-bond acceptors (Lipinski definition) is 5. The first-order valence-corrected chi connectivity index (χ1v) is 10.3. The summed E-state index contributed by atoms with van der Waals surface area (Å²) in [6.07, 6.45) is 4.37. The van der Waals surface area contributed by atoms with Crippen molar-refractivity contribution in [2.75, 3.05) is 7.11 Å². The fourth-order valence-corrected chi connectivity index (χ4v) is 4.18. The van der Waals surface area contributed by atoms with Crippen molar-refractivity contribution in [1.82, 2.24) is 14.1 Å². The van der Waals surface area contributed by atoms with Crippen LogP contribution >= 0.6 is 12.6 Å². The van der Waals surface area contributed by atoms with E-state index in [9.17, 15) is 10.2 Å². The van der Waals surface area contributed by atoms with E-state index in [2.05, 4.69) is 42.1 Å². The Hall–Kier alpha value is -3.06. The van der Waals surface area contributed by atoms with Crippen LogP contribution in [0.3, 0.4) is 0 Å². The van der Waals surface area contributed by atoms with Gasteiger partial charge in [-0.25, -0.2) is 4.98 Å². The topological polar surface area (TPSA) is 72.4 Å². The van der Waals surface area contributed by atoms with Crippen molar-refractivity contribution in [2.45, 2.75) is 38.4 Å². The molecule has 0 amide bonds. The van der Waals surface area contributed by atoms with Crippen LogP contribution in [-0.4, -0.2) is 31.4 Å². The lowest BCUT2D eigenvalue weighted by Gasteiger charge is -2.17. The predicted molar refractivity (Wildman–Crippen MR) is 121 cm³/mol. The SMILES string of the molecule is CCc1cc(-c2cnc(S)n2-c2ccc(OC)c3c2ccn3C(C)C)c(O)cc1O. The fraction of sp³-hybridized carbons (Fsp3) is 0.261. The number of fused-ring (bicyclic) bond motifs is 1. The second kappa shape index (κ2) is 7.65. The third kappa shape index (κ3) is 3.10. The van der Waals surface area contributed by atoms with Gasteiger partial charge in [0.15, 0.2) is 5.16 Å². The van der Waals surface area contributed by atoms with E-state index in [0.29, 0.717) is 22.8 Å². The van der Waals surface area contributed by atoms with Gasteiger partial charge < -0.3 is 19.5 Å². The number of nitrogens with zero attached hydrogens (tertiary/aromatic N) is 3. The van der Waals surface area contributed by atoms with Crippen LogP contribution in [0, 0.1) is 0 Å². The molecule has 156 valence electrons. The summed E-state index contributed by atoms with van der Waals surface area (Å²) in [5, 5.41) is 22.2.